The number of ketones is 2. The molecule has 0 aromatic heterocycles. The van der Waals surface area contributed by atoms with Crippen LogP contribution in [0.3, 0.4) is 0 Å². The summed E-state index contributed by atoms with van der Waals surface area (Å²) in [6.45, 7) is -0.447. The van der Waals surface area contributed by atoms with E-state index in [9.17, 15) is 43.6 Å². The molecule has 1 amide bonds. The molecule has 0 unspecified atom stereocenters. The second-order valence-corrected chi connectivity index (χ2v) is 8.88. The molecule has 3 atom stereocenters. The Morgan fingerprint density at radius 1 is 1.11 bits per heavy atom. The average molecular weight is 487 g/mol. The van der Waals surface area contributed by atoms with Crippen molar-refractivity contribution in [3.8, 4) is 16.9 Å². The van der Waals surface area contributed by atoms with Crippen LogP contribution in [0, 0.1) is 23.5 Å². The number of phenolic OH excluding ortho intramolecular Hbond substituents is 1. The predicted octanol–water partition coefficient (Wildman–Crippen LogP) is 2.08. The first-order valence-electron chi connectivity index (χ1n) is 10.9. The van der Waals surface area contributed by atoms with Crippen LogP contribution in [0.25, 0.3) is 11.1 Å². The number of phenols is 1. The van der Waals surface area contributed by atoms with Gasteiger partial charge in [-0.2, -0.15) is 0 Å². The van der Waals surface area contributed by atoms with Gasteiger partial charge in [0.15, 0.2) is 28.8 Å². The van der Waals surface area contributed by atoms with Crippen LogP contribution in [-0.4, -0.2) is 50.1 Å². The van der Waals surface area contributed by atoms with E-state index in [-0.39, 0.29) is 36.0 Å². The summed E-state index contributed by atoms with van der Waals surface area (Å²) < 4.78 is 27.4. The van der Waals surface area contributed by atoms with Gasteiger partial charge in [-0.25, -0.2) is 8.78 Å². The molecule has 0 saturated carbocycles. The summed E-state index contributed by atoms with van der Waals surface area (Å²) in [6.07, 6.45) is -0.965. The van der Waals surface area contributed by atoms with E-state index >= 15 is 0 Å². The van der Waals surface area contributed by atoms with Crippen molar-refractivity contribution in [2.75, 3.05) is 6.61 Å². The van der Waals surface area contributed by atoms with E-state index in [0.717, 1.165) is 12.1 Å². The third-order valence-corrected chi connectivity index (χ3v) is 6.87. The highest BCUT2D eigenvalue weighted by Gasteiger charge is 2.55. The molecule has 10 heteroatoms. The number of fused-ring (bicyclic) bond motifs is 2. The van der Waals surface area contributed by atoms with Crippen LogP contribution in [-0.2, 0) is 16.0 Å². The third-order valence-electron chi connectivity index (χ3n) is 6.87. The van der Waals surface area contributed by atoms with Crippen LogP contribution in [0.2, 0.25) is 0 Å². The van der Waals surface area contributed by atoms with Crippen molar-refractivity contribution in [2.24, 2.45) is 17.6 Å². The highest BCUT2D eigenvalue weighted by atomic mass is 19.2. The molecule has 0 saturated heterocycles. The Morgan fingerprint density at radius 3 is 2.46 bits per heavy atom. The van der Waals surface area contributed by atoms with Crippen LogP contribution in [0.4, 0.5) is 8.78 Å². The zero-order chi connectivity index (χ0) is 25.7. The molecule has 0 spiro atoms. The summed E-state index contributed by atoms with van der Waals surface area (Å²) >= 11 is 0. The number of amides is 1. The number of carbonyl (C=O) groups is 3. The lowest BCUT2D eigenvalue weighted by Gasteiger charge is -2.43. The molecule has 2 aromatic carbocycles. The molecular weight excluding hydrogens is 464 g/mol. The summed E-state index contributed by atoms with van der Waals surface area (Å²) in [5.74, 6) is -8.26. The normalized spacial score (nSPS) is 23.6. The fourth-order valence-corrected chi connectivity index (χ4v) is 5.25. The minimum Gasteiger partial charge on any atom is -0.508 e. The minimum atomic E-state index is -2.62. The minimum absolute atomic E-state index is 0.0149. The van der Waals surface area contributed by atoms with E-state index in [1.54, 1.807) is 0 Å². The standard InChI is InChI=1S/C25H23F2NO7/c26-16-3-1-11(9-17(16)27)14-2-4-18(30)22-15(14)8-12-7-13(5-6-29)25(35,19(31)10-20(28)32)24(34)21(12)23(22)33/h1-4,9,12-13,29-30,34-35H,5-8,10H2,(H2,28,32)/t12-,13-,25-/m1/s1. The fourth-order valence-electron chi connectivity index (χ4n) is 5.25. The number of aromatic hydroxyl groups is 1. The monoisotopic (exact) mass is 487 g/mol. The Morgan fingerprint density at radius 2 is 1.83 bits per heavy atom. The van der Waals surface area contributed by atoms with E-state index in [1.807, 2.05) is 0 Å². The molecule has 0 bridgehead atoms. The molecule has 8 nitrogen and oxygen atoms in total. The van der Waals surface area contributed by atoms with Gasteiger partial charge in [-0.3, -0.25) is 14.4 Å². The quantitative estimate of drug-likeness (QED) is 0.390. The van der Waals surface area contributed by atoms with Crippen molar-refractivity contribution in [1.82, 2.24) is 0 Å². The fraction of sp³-hybridized carbons (Fsp3) is 0.320. The van der Waals surface area contributed by atoms with Crippen molar-refractivity contribution >= 4 is 17.5 Å². The second kappa shape index (κ2) is 8.86. The van der Waals surface area contributed by atoms with E-state index in [0.29, 0.717) is 11.1 Å². The van der Waals surface area contributed by atoms with Gasteiger partial charge in [0.2, 0.25) is 5.91 Å². The Hall–Kier alpha value is -3.63. The topological polar surface area (TPSA) is 158 Å². The van der Waals surface area contributed by atoms with Crippen molar-refractivity contribution in [3.05, 3.63) is 64.4 Å². The molecule has 184 valence electrons. The summed E-state index contributed by atoms with van der Waals surface area (Å²) in [4.78, 5) is 37.6. The SMILES string of the molecule is NC(=O)CC(=O)[C@@]1(O)C(O)=C2C(=O)c3c(O)ccc(-c4ccc(F)c(F)c4)c3C[C@H]2C[C@H]1CCO. The highest BCUT2D eigenvalue weighted by Crippen LogP contribution is 2.50. The number of hydrogen-bond donors (Lipinski definition) is 5. The molecule has 4 rings (SSSR count). The average Bonchev–Trinajstić information content (AvgIpc) is 2.79. The second-order valence-electron chi connectivity index (χ2n) is 8.88. The molecule has 35 heavy (non-hydrogen) atoms. The summed E-state index contributed by atoms with van der Waals surface area (Å²) in [5, 5.41) is 42.3. The van der Waals surface area contributed by atoms with Gasteiger partial charge in [0, 0.05) is 18.1 Å². The highest BCUT2D eigenvalue weighted by molar-refractivity contribution is 6.15. The third kappa shape index (κ3) is 3.88. The molecule has 2 aliphatic rings. The Labute approximate surface area is 198 Å². The number of halogens is 2. The number of aliphatic hydroxyl groups is 3. The van der Waals surface area contributed by atoms with Crippen LogP contribution >= 0.6 is 0 Å². The van der Waals surface area contributed by atoms with Gasteiger partial charge in [0.25, 0.3) is 0 Å². The Bertz CT molecular complexity index is 1290. The Kier molecular flexibility index (Phi) is 6.20. The molecule has 0 radical (unpaired) electrons. The maximum atomic E-state index is 13.9. The first-order valence-corrected chi connectivity index (χ1v) is 10.9. The number of Topliss-reactive ketones (excluding diaryl/α,β-unsaturated/α-hetero) is 2. The van der Waals surface area contributed by atoms with Gasteiger partial charge in [-0.05, 0) is 60.1 Å². The number of nitrogens with two attached hydrogens (primary N) is 1. The summed E-state index contributed by atoms with van der Waals surface area (Å²) in [6, 6.07) is 5.89. The van der Waals surface area contributed by atoms with E-state index in [4.69, 9.17) is 5.73 Å². The van der Waals surface area contributed by atoms with Crippen LogP contribution < -0.4 is 5.73 Å². The maximum Gasteiger partial charge on any atom is 0.225 e. The molecule has 2 aliphatic carbocycles. The first kappa shape index (κ1) is 24.5. The molecule has 0 aliphatic heterocycles. The number of aliphatic hydroxyl groups excluding tert-OH is 2. The van der Waals surface area contributed by atoms with Gasteiger partial charge in [-0.15, -0.1) is 0 Å². The zero-order valence-electron chi connectivity index (χ0n) is 18.4. The lowest BCUT2D eigenvalue weighted by Crippen LogP contribution is -2.54. The molecule has 0 heterocycles. The number of benzene rings is 2. The van der Waals surface area contributed by atoms with Gasteiger partial charge in [0.1, 0.15) is 11.5 Å². The van der Waals surface area contributed by atoms with Gasteiger partial charge in [0.05, 0.1) is 12.0 Å². The van der Waals surface area contributed by atoms with Crippen LogP contribution in [0.1, 0.15) is 35.2 Å². The predicted molar refractivity (Wildman–Crippen MR) is 118 cm³/mol. The summed E-state index contributed by atoms with van der Waals surface area (Å²) in [5.41, 5.74) is 2.95. The lowest BCUT2D eigenvalue weighted by molar-refractivity contribution is -0.147. The zero-order valence-corrected chi connectivity index (χ0v) is 18.4. The van der Waals surface area contributed by atoms with Gasteiger partial charge < -0.3 is 26.2 Å². The van der Waals surface area contributed by atoms with Crippen molar-refractivity contribution < 1.29 is 43.6 Å². The molecule has 6 N–H and O–H groups in total. The van der Waals surface area contributed by atoms with E-state index in [2.05, 4.69) is 0 Å². The Balaban J connectivity index is 1.90. The van der Waals surface area contributed by atoms with Crippen LogP contribution in [0.5, 0.6) is 5.75 Å². The van der Waals surface area contributed by atoms with Gasteiger partial charge >= 0.3 is 0 Å². The molecular formula is C25H23F2NO7. The number of primary amides is 1. The van der Waals surface area contributed by atoms with E-state index in [1.165, 1.54) is 18.2 Å². The lowest BCUT2D eigenvalue weighted by atomic mass is 9.62. The molecule has 0 fully saturated rings. The van der Waals surface area contributed by atoms with Crippen molar-refractivity contribution in [3.63, 3.8) is 0 Å². The largest absolute Gasteiger partial charge is 0.508 e. The number of hydrogen-bond acceptors (Lipinski definition) is 7. The number of rotatable bonds is 6. The van der Waals surface area contributed by atoms with Gasteiger partial charge in [-0.1, -0.05) is 12.1 Å². The number of carbonyl (C=O) groups excluding carboxylic acids is 3. The van der Waals surface area contributed by atoms with E-state index < -0.39 is 71.1 Å². The first-order chi connectivity index (χ1) is 16.5. The van der Waals surface area contributed by atoms with Crippen LogP contribution in [0.15, 0.2) is 41.7 Å². The van der Waals surface area contributed by atoms with Crippen molar-refractivity contribution in [2.45, 2.75) is 31.3 Å². The smallest absolute Gasteiger partial charge is 0.225 e. The molecule has 2 aromatic rings. The van der Waals surface area contributed by atoms with Crippen molar-refractivity contribution in [1.29, 1.82) is 0 Å². The maximum absolute atomic E-state index is 13.9. The summed E-state index contributed by atoms with van der Waals surface area (Å²) in [7, 11) is 0. The number of allylic oxidation sites excluding steroid dienone is 1.